The van der Waals surface area contributed by atoms with Gasteiger partial charge in [-0.05, 0) is 17.2 Å². The van der Waals surface area contributed by atoms with Crippen LogP contribution in [0.25, 0.3) is 0 Å². The van der Waals surface area contributed by atoms with Crippen LogP contribution in [-0.2, 0) is 21.8 Å². The van der Waals surface area contributed by atoms with Crippen LogP contribution in [0, 0.1) is 12.3 Å². The van der Waals surface area contributed by atoms with E-state index in [1.807, 2.05) is 42.5 Å². The van der Waals surface area contributed by atoms with E-state index in [2.05, 4.69) is 23.5 Å². The highest BCUT2D eigenvalue weighted by Gasteiger charge is 2.61. The molecule has 0 saturated carbocycles. The van der Waals surface area contributed by atoms with Crippen molar-refractivity contribution < 1.29 is 14.2 Å². The Bertz CT molecular complexity index is 944. The van der Waals surface area contributed by atoms with Crippen LogP contribution in [0.1, 0.15) is 37.3 Å². The van der Waals surface area contributed by atoms with Crippen molar-refractivity contribution in [3.63, 3.8) is 0 Å². The molecule has 4 nitrogen and oxygen atoms in total. The van der Waals surface area contributed by atoms with Crippen LogP contribution in [0.2, 0.25) is 5.02 Å². The van der Waals surface area contributed by atoms with Crippen LogP contribution < -0.4 is 5.43 Å². The Balaban J connectivity index is 1.90. The van der Waals surface area contributed by atoms with Gasteiger partial charge < -0.3 is 0 Å². The average molecular weight is 442 g/mol. The smallest absolute Gasteiger partial charge is 0.270 e. The number of thioether (sulfide) groups is 1. The number of β-lactam (4-membered cyclic amide) rings is 1. The highest BCUT2D eigenvalue weighted by molar-refractivity contribution is 7.99. The van der Waals surface area contributed by atoms with Crippen LogP contribution in [0.4, 0.5) is 0 Å². The first-order valence-corrected chi connectivity index (χ1v) is 11.4. The van der Waals surface area contributed by atoms with Gasteiger partial charge in [-0.25, -0.2) is 4.79 Å². The number of hydrogen-bond donors (Lipinski definition) is 1. The minimum Gasteiger partial charge on any atom is -0.270 e. The molecular weight excluding hydrogens is 416 g/mol. The standard InChI is InChI=1S/C24H25ClN2O2S/c1-3-4-13-21(15-20-12-8-9-14-22(20)25)27(26-18(2)28)23(29)16-24(27)30-17-19-10-6-5-7-11-19/h1,5-12,14,21,24H,4,13,15-17H2,2H3/p+1. The molecule has 0 bridgehead atoms. The van der Waals surface area contributed by atoms with E-state index in [4.69, 9.17) is 18.0 Å². The van der Waals surface area contributed by atoms with E-state index in [0.717, 1.165) is 11.3 Å². The first-order chi connectivity index (χ1) is 14.5. The summed E-state index contributed by atoms with van der Waals surface area (Å²) in [6, 6.07) is 17.6. The molecule has 1 fully saturated rings. The molecule has 30 heavy (non-hydrogen) atoms. The van der Waals surface area contributed by atoms with Crippen LogP contribution in [0.5, 0.6) is 0 Å². The van der Waals surface area contributed by atoms with Crippen LogP contribution in [-0.4, -0.2) is 27.8 Å². The first-order valence-electron chi connectivity index (χ1n) is 10.0. The van der Waals surface area contributed by atoms with Gasteiger partial charge in [0.15, 0.2) is 5.37 Å². The van der Waals surface area contributed by atoms with E-state index in [-0.39, 0.29) is 27.8 Å². The Morgan fingerprint density at radius 3 is 2.60 bits per heavy atom. The minimum absolute atomic E-state index is 0.0184. The van der Waals surface area contributed by atoms with E-state index in [1.54, 1.807) is 11.8 Å². The largest absolute Gasteiger partial charge is 0.346 e. The molecule has 2 aromatic carbocycles. The highest BCUT2D eigenvalue weighted by atomic mass is 35.5. The zero-order valence-corrected chi connectivity index (χ0v) is 18.6. The molecule has 1 aliphatic heterocycles. The number of nitrogens with zero attached hydrogens (tertiary/aromatic N) is 1. The van der Waals surface area contributed by atoms with Crippen molar-refractivity contribution in [1.82, 2.24) is 5.43 Å². The van der Waals surface area contributed by atoms with Gasteiger partial charge in [0, 0.05) is 37.0 Å². The first kappa shape index (κ1) is 22.4. The van der Waals surface area contributed by atoms with Gasteiger partial charge in [-0.2, -0.15) is 5.43 Å². The molecule has 156 valence electrons. The van der Waals surface area contributed by atoms with Gasteiger partial charge in [0.1, 0.15) is 12.5 Å². The lowest BCUT2D eigenvalue weighted by Gasteiger charge is -2.51. The maximum atomic E-state index is 13.0. The summed E-state index contributed by atoms with van der Waals surface area (Å²) in [6.45, 7) is 1.46. The monoisotopic (exact) mass is 441 g/mol. The molecule has 6 heteroatoms. The second-order valence-electron chi connectivity index (χ2n) is 7.49. The third kappa shape index (κ3) is 4.89. The number of rotatable bonds is 9. The number of hydrogen-bond acceptors (Lipinski definition) is 3. The average Bonchev–Trinajstić information content (AvgIpc) is 2.74. The Morgan fingerprint density at radius 1 is 1.27 bits per heavy atom. The van der Waals surface area contributed by atoms with Gasteiger partial charge in [0.25, 0.3) is 5.91 Å². The van der Waals surface area contributed by atoms with Gasteiger partial charge in [0.2, 0.25) is 0 Å². The number of halogens is 1. The number of quaternary nitrogens is 1. The number of benzene rings is 2. The highest BCUT2D eigenvalue weighted by Crippen LogP contribution is 2.42. The van der Waals surface area contributed by atoms with E-state index >= 15 is 0 Å². The van der Waals surface area contributed by atoms with Gasteiger partial charge in [-0.3, -0.25) is 4.79 Å². The summed E-state index contributed by atoms with van der Waals surface area (Å²) in [5.41, 5.74) is 5.14. The number of carbonyl (C=O) groups is 2. The van der Waals surface area contributed by atoms with Crippen molar-refractivity contribution in [2.45, 2.75) is 49.8 Å². The van der Waals surface area contributed by atoms with Crippen molar-refractivity contribution in [1.29, 1.82) is 0 Å². The van der Waals surface area contributed by atoms with Gasteiger partial charge in [-0.15, -0.1) is 16.9 Å². The predicted octanol–water partition coefficient (Wildman–Crippen LogP) is 4.72. The van der Waals surface area contributed by atoms with Crippen LogP contribution >= 0.6 is 23.4 Å². The molecule has 3 atom stereocenters. The van der Waals surface area contributed by atoms with E-state index in [1.165, 1.54) is 12.5 Å². The molecule has 3 unspecified atom stereocenters. The van der Waals surface area contributed by atoms with Gasteiger partial charge in [-0.1, -0.05) is 71.9 Å². The lowest BCUT2D eigenvalue weighted by atomic mass is 9.95. The summed E-state index contributed by atoms with van der Waals surface area (Å²) in [4.78, 5) is 25.2. The molecule has 1 aliphatic rings. The fraction of sp³-hybridized carbons (Fsp3) is 0.333. The molecule has 1 saturated heterocycles. The number of terminal acetylenes is 1. The zero-order valence-electron chi connectivity index (χ0n) is 17.0. The Morgan fingerprint density at radius 2 is 1.97 bits per heavy atom. The summed E-state index contributed by atoms with van der Waals surface area (Å²) in [5.74, 6) is 3.25. The third-order valence-corrected chi connectivity index (χ3v) is 7.21. The lowest BCUT2D eigenvalue weighted by molar-refractivity contribution is -0.946. The van der Waals surface area contributed by atoms with E-state index in [0.29, 0.717) is 30.7 Å². The molecule has 0 spiro atoms. The molecular formula is C24H26ClN2O2S+. The van der Waals surface area contributed by atoms with Crippen molar-refractivity contribution in [2.24, 2.45) is 0 Å². The molecule has 1 heterocycles. The summed E-state index contributed by atoms with van der Waals surface area (Å²) >= 11 is 8.11. The second-order valence-corrected chi connectivity index (χ2v) is 9.06. The molecule has 3 rings (SSSR count). The second kappa shape index (κ2) is 10.2. The summed E-state index contributed by atoms with van der Waals surface area (Å²) in [7, 11) is 0. The quantitative estimate of drug-likeness (QED) is 0.348. The molecule has 1 N–H and O–H groups in total. The fourth-order valence-corrected chi connectivity index (χ4v) is 5.61. The Kier molecular flexibility index (Phi) is 7.60. The molecule has 2 aromatic rings. The predicted molar refractivity (Wildman–Crippen MR) is 122 cm³/mol. The molecule has 0 aromatic heterocycles. The van der Waals surface area contributed by atoms with Crippen molar-refractivity contribution in [3.05, 3.63) is 70.7 Å². The molecule has 0 radical (unpaired) electrons. The summed E-state index contributed by atoms with van der Waals surface area (Å²) in [6.07, 6.45) is 7.68. The van der Waals surface area contributed by atoms with Gasteiger partial charge in [0.05, 0.1) is 0 Å². The summed E-state index contributed by atoms with van der Waals surface area (Å²) in [5, 5.41) is 0.595. The lowest BCUT2D eigenvalue weighted by Crippen LogP contribution is -2.79. The maximum Gasteiger partial charge on any atom is 0.346 e. The number of likely N-dealkylation sites (tertiary alicyclic amines) is 1. The SMILES string of the molecule is C#CCCC(Cc1ccccc1Cl)[N+]1(NC(C)=O)C(=O)CC1SCc1ccccc1. The van der Waals surface area contributed by atoms with Crippen molar-refractivity contribution in [2.75, 3.05) is 0 Å². The van der Waals surface area contributed by atoms with Gasteiger partial charge >= 0.3 is 5.91 Å². The van der Waals surface area contributed by atoms with Crippen LogP contribution in [0.3, 0.4) is 0 Å². The maximum absolute atomic E-state index is 13.0. The third-order valence-electron chi connectivity index (χ3n) is 5.46. The zero-order chi connectivity index (χ0) is 21.6. The Hall–Kier alpha value is -2.26. The van der Waals surface area contributed by atoms with Crippen LogP contribution in [0.15, 0.2) is 54.6 Å². The topological polar surface area (TPSA) is 46.2 Å². The minimum atomic E-state index is -0.224. The van der Waals surface area contributed by atoms with E-state index < -0.39 is 0 Å². The van der Waals surface area contributed by atoms with Crippen molar-refractivity contribution >= 4 is 35.2 Å². The molecule has 2 amide bonds. The fourth-order valence-electron chi connectivity index (χ4n) is 3.98. The summed E-state index contributed by atoms with van der Waals surface area (Å²) < 4.78 is -0.0697. The van der Waals surface area contributed by atoms with Crippen molar-refractivity contribution in [3.8, 4) is 12.3 Å². The normalized spacial score (nSPS) is 21.4. The number of amides is 2. The Labute approximate surface area is 187 Å². The van der Waals surface area contributed by atoms with E-state index in [9.17, 15) is 9.59 Å². The number of carbonyl (C=O) groups excluding carboxylic acids is 2. The number of nitrogens with one attached hydrogen (secondary N) is 1. The molecule has 0 aliphatic carbocycles.